The maximum absolute atomic E-state index is 13.6. The summed E-state index contributed by atoms with van der Waals surface area (Å²) in [5.74, 6) is 0.540. The summed E-state index contributed by atoms with van der Waals surface area (Å²) < 4.78 is 14.5. The SMILES string of the molecule is CN=C(NCCc1cc(Br)ccc1F)NCc1ccsc1. The average molecular weight is 370 g/mol. The van der Waals surface area contributed by atoms with Gasteiger partial charge in [-0.2, -0.15) is 11.3 Å². The number of nitrogens with zero attached hydrogens (tertiary/aromatic N) is 1. The monoisotopic (exact) mass is 369 g/mol. The predicted molar refractivity (Wildman–Crippen MR) is 90.3 cm³/mol. The molecule has 3 nitrogen and oxygen atoms in total. The number of aliphatic imine (C=N–C) groups is 1. The zero-order chi connectivity index (χ0) is 15.1. The Balaban J connectivity index is 1.79. The standard InChI is InChI=1S/C15H17BrFN3S/c1-18-15(20-9-11-5-7-21-10-11)19-6-4-12-8-13(16)2-3-14(12)17/h2-3,5,7-8,10H,4,6,9H2,1H3,(H2,18,19,20). The molecule has 0 saturated heterocycles. The van der Waals surface area contributed by atoms with Crippen LogP contribution < -0.4 is 10.6 Å². The molecule has 2 rings (SSSR count). The van der Waals surface area contributed by atoms with Gasteiger partial charge in [-0.25, -0.2) is 4.39 Å². The van der Waals surface area contributed by atoms with Gasteiger partial charge in [-0.05, 0) is 52.6 Å². The van der Waals surface area contributed by atoms with Crippen LogP contribution in [-0.2, 0) is 13.0 Å². The van der Waals surface area contributed by atoms with Crippen molar-refractivity contribution in [1.82, 2.24) is 10.6 Å². The van der Waals surface area contributed by atoms with Crippen LogP contribution in [0.2, 0.25) is 0 Å². The summed E-state index contributed by atoms with van der Waals surface area (Å²) >= 11 is 5.03. The average Bonchev–Trinajstić information content (AvgIpc) is 2.99. The first-order valence-corrected chi connectivity index (χ1v) is 8.32. The van der Waals surface area contributed by atoms with Gasteiger partial charge in [0, 0.05) is 24.6 Å². The minimum Gasteiger partial charge on any atom is -0.356 e. The molecule has 21 heavy (non-hydrogen) atoms. The molecule has 1 aromatic carbocycles. The van der Waals surface area contributed by atoms with Crippen LogP contribution in [-0.4, -0.2) is 19.6 Å². The van der Waals surface area contributed by atoms with Crippen molar-refractivity contribution in [2.45, 2.75) is 13.0 Å². The van der Waals surface area contributed by atoms with Crippen molar-refractivity contribution >= 4 is 33.2 Å². The molecule has 0 aliphatic heterocycles. The first-order valence-electron chi connectivity index (χ1n) is 6.58. The van der Waals surface area contributed by atoms with Crippen LogP contribution in [0.3, 0.4) is 0 Å². The van der Waals surface area contributed by atoms with Crippen LogP contribution >= 0.6 is 27.3 Å². The number of thiophene rings is 1. The van der Waals surface area contributed by atoms with E-state index in [4.69, 9.17) is 0 Å². The molecule has 2 N–H and O–H groups in total. The molecule has 0 aliphatic rings. The van der Waals surface area contributed by atoms with Crippen molar-refractivity contribution in [3.05, 3.63) is 56.4 Å². The van der Waals surface area contributed by atoms with E-state index < -0.39 is 0 Å². The summed E-state index contributed by atoms with van der Waals surface area (Å²) in [6.45, 7) is 1.35. The lowest BCUT2D eigenvalue weighted by Gasteiger charge is -2.11. The van der Waals surface area contributed by atoms with Gasteiger partial charge in [0.1, 0.15) is 5.82 Å². The van der Waals surface area contributed by atoms with Gasteiger partial charge in [0.05, 0.1) is 0 Å². The van der Waals surface area contributed by atoms with E-state index in [0.29, 0.717) is 18.5 Å². The molecular formula is C15H17BrFN3S. The Hall–Kier alpha value is -1.40. The van der Waals surface area contributed by atoms with Crippen LogP contribution in [0.1, 0.15) is 11.1 Å². The lowest BCUT2D eigenvalue weighted by atomic mass is 10.1. The molecule has 0 fully saturated rings. The predicted octanol–water partition coefficient (Wildman–Crippen LogP) is 3.56. The van der Waals surface area contributed by atoms with E-state index in [2.05, 4.69) is 43.0 Å². The second-order valence-corrected chi connectivity index (χ2v) is 6.17. The summed E-state index contributed by atoms with van der Waals surface area (Å²) in [6.07, 6.45) is 0.602. The molecule has 0 aliphatic carbocycles. The lowest BCUT2D eigenvalue weighted by molar-refractivity contribution is 0.606. The summed E-state index contributed by atoms with van der Waals surface area (Å²) in [5, 5.41) is 10.6. The van der Waals surface area contributed by atoms with Gasteiger partial charge < -0.3 is 10.6 Å². The molecule has 0 bridgehead atoms. The molecule has 2 aromatic rings. The zero-order valence-corrected chi connectivity index (χ0v) is 14.1. The van der Waals surface area contributed by atoms with Crippen molar-refractivity contribution in [1.29, 1.82) is 0 Å². The zero-order valence-electron chi connectivity index (χ0n) is 11.7. The normalized spacial score (nSPS) is 11.5. The first kappa shape index (κ1) is 16.0. The van der Waals surface area contributed by atoms with Crippen molar-refractivity contribution in [2.24, 2.45) is 4.99 Å². The fourth-order valence-electron chi connectivity index (χ4n) is 1.85. The van der Waals surface area contributed by atoms with Crippen LogP contribution in [0.15, 0.2) is 44.5 Å². The highest BCUT2D eigenvalue weighted by atomic mass is 79.9. The summed E-state index contributed by atoms with van der Waals surface area (Å²) in [7, 11) is 1.72. The highest BCUT2D eigenvalue weighted by Gasteiger charge is 2.04. The van der Waals surface area contributed by atoms with Crippen molar-refractivity contribution in [3.63, 3.8) is 0 Å². The fourth-order valence-corrected chi connectivity index (χ4v) is 2.93. The molecule has 0 amide bonds. The molecule has 0 radical (unpaired) electrons. The third kappa shape index (κ3) is 5.13. The van der Waals surface area contributed by atoms with Gasteiger partial charge in [-0.3, -0.25) is 4.99 Å². The smallest absolute Gasteiger partial charge is 0.191 e. The highest BCUT2D eigenvalue weighted by Crippen LogP contribution is 2.15. The first-order chi connectivity index (χ1) is 10.2. The Bertz CT molecular complexity index is 599. The Morgan fingerprint density at radius 1 is 1.33 bits per heavy atom. The number of rotatable bonds is 5. The fraction of sp³-hybridized carbons (Fsp3) is 0.267. The number of nitrogens with one attached hydrogen (secondary N) is 2. The quantitative estimate of drug-likeness (QED) is 0.624. The molecule has 0 spiro atoms. The minimum atomic E-state index is -0.179. The van der Waals surface area contributed by atoms with Gasteiger partial charge in [0.15, 0.2) is 5.96 Å². The molecule has 0 saturated carbocycles. The van der Waals surface area contributed by atoms with Crippen LogP contribution in [0.5, 0.6) is 0 Å². The molecule has 6 heteroatoms. The minimum absolute atomic E-state index is 0.179. The van der Waals surface area contributed by atoms with Gasteiger partial charge in [0.25, 0.3) is 0 Å². The topological polar surface area (TPSA) is 36.4 Å². The van der Waals surface area contributed by atoms with Gasteiger partial charge in [-0.1, -0.05) is 15.9 Å². The second kappa shape index (κ2) is 8.14. The highest BCUT2D eigenvalue weighted by molar-refractivity contribution is 9.10. The molecular weight excluding hydrogens is 353 g/mol. The Morgan fingerprint density at radius 3 is 2.90 bits per heavy atom. The largest absolute Gasteiger partial charge is 0.356 e. The van der Waals surface area contributed by atoms with Crippen molar-refractivity contribution in [2.75, 3.05) is 13.6 Å². The maximum atomic E-state index is 13.6. The molecule has 112 valence electrons. The van der Waals surface area contributed by atoms with Crippen molar-refractivity contribution in [3.8, 4) is 0 Å². The van der Waals surface area contributed by atoms with E-state index in [1.54, 1.807) is 30.5 Å². The Morgan fingerprint density at radius 2 is 2.19 bits per heavy atom. The molecule has 0 atom stereocenters. The van der Waals surface area contributed by atoms with E-state index in [-0.39, 0.29) is 5.82 Å². The molecule has 1 aromatic heterocycles. The molecule has 0 unspecified atom stereocenters. The van der Waals surface area contributed by atoms with Crippen LogP contribution in [0, 0.1) is 5.82 Å². The third-order valence-corrected chi connectivity index (χ3v) is 4.18. The summed E-state index contributed by atoms with van der Waals surface area (Å²) in [4.78, 5) is 4.15. The van der Waals surface area contributed by atoms with Crippen LogP contribution in [0.4, 0.5) is 4.39 Å². The maximum Gasteiger partial charge on any atom is 0.191 e. The number of benzene rings is 1. The van der Waals surface area contributed by atoms with E-state index in [0.717, 1.165) is 17.0 Å². The number of hydrogen-bond donors (Lipinski definition) is 2. The van der Waals surface area contributed by atoms with E-state index in [1.165, 1.54) is 11.6 Å². The molecule has 1 heterocycles. The van der Waals surface area contributed by atoms with Gasteiger partial charge in [-0.15, -0.1) is 0 Å². The number of guanidine groups is 1. The number of hydrogen-bond acceptors (Lipinski definition) is 2. The van der Waals surface area contributed by atoms with Crippen molar-refractivity contribution < 1.29 is 4.39 Å². The Labute approximate surface area is 136 Å². The van der Waals surface area contributed by atoms with Gasteiger partial charge in [0.2, 0.25) is 0 Å². The van der Waals surface area contributed by atoms with Crippen LogP contribution in [0.25, 0.3) is 0 Å². The summed E-state index contributed by atoms with van der Waals surface area (Å²) in [6, 6.07) is 7.05. The summed E-state index contributed by atoms with van der Waals surface area (Å²) in [5.41, 5.74) is 1.91. The van der Waals surface area contributed by atoms with E-state index in [1.807, 2.05) is 5.38 Å². The van der Waals surface area contributed by atoms with E-state index >= 15 is 0 Å². The number of halogens is 2. The van der Waals surface area contributed by atoms with Gasteiger partial charge >= 0.3 is 0 Å². The lowest BCUT2D eigenvalue weighted by Crippen LogP contribution is -2.37. The van der Waals surface area contributed by atoms with E-state index in [9.17, 15) is 4.39 Å². The second-order valence-electron chi connectivity index (χ2n) is 4.47. The third-order valence-electron chi connectivity index (χ3n) is 2.96. The Kier molecular flexibility index (Phi) is 6.20.